The third-order valence-electron chi connectivity index (χ3n) is 2.57. The quantitative estimate of drug-likeness (QED) is 0.850. The second-order valence-corrected chi connectivity index (χ2v) is 5.40. The Morgan fingerprint density at radius 3 is 2.56 bits per heavy atom. The molecule has 0 unspecified atom stereocenters. The van der Waals surface area contributed by atoms with E-state index in [0.29, 0.717) is 0 Å². The zero-order chi connectivity index (χ0) is 12.3. The van der Waals surface area contributed by atoms with E-state index in [0.717, 1.165) is 6.54 Å². The topological polar surface area (TPSA) is 29.9 Å². The van der Waals surface area contributed by atoms with Crippen LogP contribution in [0.4, 0.5) is 0 Å². The molecule has 1 rings (SSSR count). The largest absolute Gasteiger partial charge is 0.308 e. The molecule has 1 N–H and O–H groups in total. The van der Waals surface area contributed by atoms with Crippen LogP contribution in [0.1, 0.15) is 39.0 Å². The summed E-state index contributed by atoms with van der Waals surface area (Å²) in [5.41, 5.74) is 3.90. The van der Waals surface area contributed by atoms with Crippen molar-refractivity contribution >= 4 is 6.08 Å². The second-order valence-electron chi connectivity index (χ2n) is 5.40. The van der Waals surface area contributed by atoms with E-state index in [2.05, 4.69) is 51.1 Å². The molecule has 0 aromatic carbocycles. The smallest absolute Gasteiger partial charge is 0.0564 e. The first-order chi connectivity index (χ1) is 7.29. The Morgan fingerprint density at radius 1 is 1.50 bits per heavy atom. The Morgan fingerprint density at radius 2 is 2.12 bits per heavy atom. The van der Waals surface area contributed by atoms with Crippen molar-refractivity contribution in [3.05, 3.63) is 23.0 Å². The van der Waals surface area contributed by atoms with Crippen LogP contribution in [0, 0.1) is 6.92 Å². The van der Waals surface area contributed by atoms with Gasteiger partial charge < -0.3 is 5.32 Å². The van der Waals surface area contributed by atoms with Gasteiger partial charge in [-0.05, 0) is 34.6 Å². The Balaban J connectivity index is 2.67. The highest BCUT2D eigenvalue weighted by molar-refractivity contribution is 5.54. The number of hydrogen-bond donors (Lipinski definition) is 1. The molecule has 3 nitrogen and oxygen atoms in total. The SMILES string of the molecule is CC(=Cc1cnn(C)c1C)CNC(C)(C)C. The van der Waals surface area contributed by atoms with E-state index in [1.54, 1.807) is 0 Å². The van der Waals surface area contributed by atoms with Gasteiger partial charge in [0.2, 0.25) is 0 Å². The summed E-state index contributed by atoms with van der Waals surface area (Å²) >= 11 is 0. The summed E-state index contributed by atoms with van der Waals surface area (Å²) < 4.78 is 1.90. The normalized spacial score (nSPS) is 13.2. The number of aromatic nitrogens is 2. The van der Waals surface area contributed by atoms with E-state index >= 15 is 0 Å². The number of aryl methyl sites for hydroxylation is 1. The van der Waals surface area contributed by atoms with Gasteiger partial charge in [0.25, 0.3) is 0 Å². The van der Waals surface area contributed by atoms with Crippen molar-refractivity contribution in [1.29, 1.82) is 0 Å². The first kappa shape index (κ1) is 13.0. The van der Waals surface area contributed by atoms with Crippen LogP contribution in [0.2, 0.25) is 0 Å². The van der Waals surface area contributed by atoms with Crippen molar-refractivity contribution < 1.29 is 0 Å². The molecule has 1 heterocycles. The molecule has 0 atom stereocenters. The van der Waals surface area contributed by atoms with Crippen LogP contribution >= 0.6 is 0 Å². The highest BCUT2D eigenvalue weighted by Crippen LogP contribution is 2.11. The van der Waals surface area contributed by atoms with Crippen LogP contribution in [0.15, 0.2) is 11.8 Å². The molecule has 1 aromatic heterocycles. The molecule has 1 aromatic rings. The summed E-state index contributed by atoms with van der Waals surface area (Å²) in [4.78, 5) is 0. The third kappa shape index (κ3) is 3.81. The highest BCUT2D eigenvalue weighted by atomic mass is 15.3. The van der Waals surface area contributed by atoms with Gasteiger partial charge in [0, 0.05) is 30.4 Å². The lowest BCUT2D eigenvalue weighted by Crippen LogP contribution is -2.36. The number of nitrogens with zero attached hydrogens (tertiary/aromatic N) is 2. The van der Waals surface area contributed by atoms with E-state index in [-0.39, 0.29) is 5.54 Å². The predicted octanol–water partition coefficient (Wildman–Crippen LogP) is 2.52. The molecule has 16 heavy (non-hydrogen) atoms. The summed E-state index contributed by atoms with van der Waals surface area (Å²) in [5.74, 6) is 0. The standard InChI is InChI=1S/C13H23N3/c1-10(8-14-13(3,4)5)7-12-9-15-16(6)11(12)2/h7,9,14H,8H2,1-6H3. The third-order valence-corrected chi connectivity index (χ3v) is 2.57. The van der Waals surface area contributed by atoms with E-state index in [1.807, 2.05) is 17.9 Å². The summed E-state index contributed by atoms with van der Waals surface area (Å²) in [6.07, 6.45) is 4.11. The van der Waals surface area contributed by atoms with Gasteiger partial charge in [-0.25, -0.2) is 0 Å². The first-order valence-corrected chi connectivity index (χ1v) is 5.70. The van der Waals surface area contributed by atoms with Gasteiger partial charge in [-0.15, -0.1) is 0 Å². The molecule has 0 aliphatic carbocycles. The Bertz CT molecular complexity index is 380. The van der Waals surface area contributed by atoms with Gasteiger partial charge in [-0.3, -0.25) is 4.68 Å². The Kier molecular flexibility index (Phi) is 3.92. The average Bonchev–Trinajstić information content (AvgIpc) is 2.46. The van der Waals surface area contributed by atoms with Gasteiger partial charge in [-0.1, -0.05) is 11.6 Å². The zero-order valence-electron chi connectivity index (χ0n) is 11.3. The van der Waals surface area contributed by atoms with Crippen molar-refractivity contribution in [2.45, 2.75) is 40.2 Å². The fourth-order valence-corrected chi connectivity index (χ4v) is 1.38. The lowest BCUT2D eigenvalue weighted by molar-refractivity contribution is 0.445. The maximum Gasteiger partial charge on any atom is 0.0564 e. The summed E-state index contributed by atoms with van der Waals surface area (Å²) in [6.45, 7) is 11.7. The van der Waals surface area contributed by atoms with Crippen molar-refractivity contribution in [3.8, 4) is 0 Å². The van der Waals surface area contributed by atoms with Gasteiger partial charge in [0.1, 0.15) is 0 Å². The average molecular weight is 221 g/mol. The van der Waals surface area contributed by atoms with Crippen molar-refractivity contribution in [2.24, 2.45) is 7.05 Å². The summed E-state index contributed by atoms with van der Waals surface area (Å²) in [5, 5.41) is 7.70. The van der Waals surface area contributed by atoms with Gasteiger partial charge in [0.15, 0.2) is 0 Å². The molecule has 0 saturated carbocycles. The molecule has 0 aliphatic heterocycles. The van der Waals surface area contributed by atoms with Crippen LogP contribution in [-0.2, 0) is 7.05 Å². The molecule has 0 radical (unpaired) electrons. The van der Waals surface area contributed by atoms with Crippen LogP contribution in [0.25, 0.3) is 6.08 Å². The number of hydrogen-bond acceptors (Lipinski definition) is 2. The lowest BCUT2D eigenvalue weighted by atomic mass is 10.1. The van der Waals surface area contributed by atoms with E-state index in [4.69, 9.17) is 0 Å². The second kappa shape index (κ2) is 4.83. The van der Waals surface area contributed by atoms with Crippen molar-refractivity contribution in [2.75, 3.05) is 6.54 Å². The maximum absolute atomic E-state index is 4.23. The first-order valence-electron chi connectivity index (χ1n) is 5.70. The molecule has 0 saturated heterocycles. The minimum atomic E-state index is 0.166. The van der Waals surface area contributed by atoms with Crippen LogP contribution in [0.3, 0.4) is 0 Å². The minimum absolute atomic E-state index is 0.166. The van der Waals surface area contributed by atoms with Crippen LogP contribution in [-0.4, -0.2) is 21.9 Å². The molecule has 3 heteroatoms. The molecule has 90 valence electrons. The molecule has 0 amide bonds. The molecular weight excluding hydrogens is 198 g/mol. The van der Waals surface area contributed by atoms with Crippen LogP contribution < -0.4 is 5.32 Å². The fourth-order valence-electron chi connectivity index (χ4n) is 1.38. The summed E-state index contributed by atoms with van der Waals surface area (Å²) in [7, 11) is 1.97. The van der Waals surface area contributed by atoms with Gasteiger partial charge in [0.05, 0.1) is 6.20 Å². The lowest BCUT2D eigenvalue weighted by Gasteiger charge is -2.20. The molecule has 0 fully saturated rings. The van der Waals surface area contributed by atoms with E-state index < -0.39 is 0 Å². The van der Waals surface area contributed by atoms with E-state index in [1.165, 1.54) is 16.8 Å². The number of nitrogens with one attached hydrogen (secondary N) is 1. The van der Waals surface area contributed by atoms with E-state index in [9.17, 15) is 0 Å². The molecule has 0 aliphatic rings. The monoisotopic (exact) mass is 221 g/mol. The Labute approximate surface area is 98.5 Å². The van der Waals surface area contributed by atoms with Crippen LogP contribution in [0.5, 0.6) is 0 Å². The molecular formula is C13H23N3. The molecule has 0 spiro atoms. The maximum atomic E-state index is 4.23. The van der Waals surface area contributed by atoms with Crippen molar-refractivity contribution in [3.63, 3.8) is 0 Å². The van der Waals surface area contributed by atoms with Gasteiger partial charge in [-0.2, -0.15) is 5.10 Å². The Hall–Kier alpha value is -1.09. The predicted molar refractivity (Wildman–Crippen MR) is 69.4 cm³/mol. The summed E-state index contributed by atoms with van der Waals surface area (Å²) in [6, 6.07) is 0. The molecule has 0 bridgehead atoms. The highest BCUT2D eigenvalue weighted by Gasteiger charge is 2.08. The van der Waals surface area contributed by atoms with Crippen molar-refractivity contribution in [1.82, 2.24) is 15.1 Å². The zero-order valence-corrected chi connectivity index (χ0v) is 11.3. The van der Waals surface area contributed by atoms with Gasteiger partial charge >= 0.3 is 0 Å². The minimum Gasteiger partial charge on any atom is -0.308 e. The fraction of sp³-hybridized carbons (Fsp3) is 0.615. The number of rotatable bonds is 3.